The van der Waals surface area contributed by atoms with Gasteiger partial charge in [0.15, 0.2) is 5.96 Å². The number of nitrogens with zero attached hydrogens (tertiary/aromatic N) is 2. The molecule has 0 aromatic carbocycles. The van der Waals surface area contributed by atoms with E-state index in [1.807, 2.05) is 19.1 Å². The Morgan fingerprint density at radius 3 is 2.65 bits per heavy atom. The summed E-state index contributed by atoms with van der Waals surface area (Å²) < 4.78 is 42.1. The first kappa shape index (κ1) is 20.6. The summed E-state index contributed by atoms with van der Waals surface area (Å²) >= 11 is 0. The lowest BCUT2D eigenvalue weighted by molar-refractivity contribution is -0.135. The second-order valence-electron chi connectivity index (χ2n) is 6.49. The number of rotatable bonds is 9. The van der Waals surface area contributed by atoms with Crippen molar-refractivity contribution < 1.29 is 17.6 Å². The molecule has 148 valence electrons. The standard InChI is InChI=1S/C18H29F3N4O/c1-2-22-17(23-10-4-3-9-18(19,20)21)24-14-15(16-8-7-13-26-16)25-11-5-6-12-25/h7-8,13,15H,2-6,9-12,14H2,1H3,(H2,22,23,24). The van der Waals surface area contributed by atoms with E-state index < -0.39 is 12.6 Å². The molecule has 0 aliphatic carbocycles. The number of hydrogen-bond donors (Lipinski definition) is 2. The minimum Gasteiger partial charge on any atom is -0.468 e. The molecular weight excluding hydrogens is 345 g/mol. The molecule has 1 aromatic heterocycles. The van der Waals surface area contributed by atoms with Gasteiger partial charge in [-0.15, -0.1) is 0 Å². The van der Waals surface area contributed by atoms with Crippen molar-refractivity contribution >= 4 is 5.96 Å². The predicted molar refractivity (Wildman–Crippen MR) is 96.1 cm³/mol. The molecule has 0 spiro atoms. The Morgan fingerprint density at radius 1 is 1.27 bits per heavy atom. The highest BCUT2D eigenvalue weighted by Gasteiger charge is 2.26. The van der Waals surface area contributed by atoms with Gasteiger partial charge in [-0.05, 0) is 57.8 Å². The average molecular weight is 374 g/mol. The Bertz CT molecular complexity index is 525. The third-order valence-electron chi connectivity index (χ3n) is 4.40. The van der Waals surface area contributed by atoms with E-state index in [0.717, 1.165) is 18.8 Å². The number of hydrogen-bond acceptors (Lipinski definition) is 3. The van der Waals surface area contributed by atoms with Crippen molar-refractivity contribution in [2.45, 2.75) is 51.2 Å². The number of unbranched alkanes of at least 4 members (excludes halogenated alkanes) is 1. The van der Waals surface area contributed by atoms with Crippen LogP contribution in [-0.4, -0.2) is 49.8 Å². The molecule has 1 fully saturated rings. The summed E-state index contributed by atoms with van der Waals surface area (Å²) in [6.45, 7) is 5.74. The number of likely N-dealkylation sites (tertiary alicyclic amines) is 1. The van der Waals surface area contributed by atoms with Crippen molar-refractivity contribution in [3.05, 3.63) is 24.2 Å². The van der Waals surface area contributed by atoms with Gasteiger partial charge in [-0.3, -0.25) is 9.89 Å². The van der Waals surface area contributed by atoms with Gasteiger partial charge in [0.2, 0.25) is 0 Å². The second kappa shape index (κ2) is 10.4. The van der Waals surface area contributed by atoms with Crippen LogP contribution in [0.4, 0.5) is 13.2 Å². The molecule has 1 aliphatic heterocycles. The molecule has 1 aromatic rings. The molecule has 0 bridgehead atoms. The lowest BCUT2D eigenvalue weighted by Gasteiger charge is -2.24. The maximum Gasteiger partial charge on any atom is 0.389 e. The highest BCUT2D eigenvalue weighted by atomic mass is 19.4. The van der Waals surface area contributed by atoms with Crippen LogP contribution in [0.25, 0.3) is 0 Å². The Kier molecular flexibility index (Phi) is 8.28. The molecule has 1 aliphatic rings. The maximum absolute atomic E-state index is 12.2. The largest absolute Gasteiger partial charge is 0.468 e. The molecule has 0 radical (unpaired) electrons. The molecule has 2 heterocycles. The van der Waals surface area contributed by atoms with Crippen LogP contribution in [0.1, 0.15) is 50.8 Å². The summed E-state index contributed by atoms with van der Waals surface area (Å²) in [5.41, 5.74) is 0. The van der Waals surface area contributed by atoms with Crippen LogP contribution in [0.3, 0.4) is 0 Å². The molecule has 2 rings (SSSR count). The molecule has 8 heteroatoms. The number of guanidine groups is 1. The fourth-order valence-corrected chi connectivity index (χ4v) is 3.10. The van der Waals surface area contributed by atoms with Gasteiger partial charge in [0.25, 0.3) is 0 Å². The lowest BCUT2D eigenvalue weighted by atomic mass is 10.2. The zero-order chi connectivity index (χ0) is 18.8. The van der Waals surface area contributed by atoms with Crippen molar-refractivity contribution in [2.75, 3.05) is 32.7 Å². The zero-order valence-corrected chi connectivity index (χ0v) is 15.3. The molecule has 0 saturated carbocycles. The predicted octanol–water partition coefficient (Wildman–Crippen LogP) is 3.70. The highest BCUT2D eigenvalue weighted by Crippen LogP contribution is 2.25. The van der Waals surface area contributed by atoms with Crippen LogP contribution in [0, 0.1) is 0 Å². The van der Waals surface area contributed by atoms with Gasteiger partial charge in [-0.1, -0.05) is 0 Å². The normalized spacial score (nSPS) is 17.5. The van der Waals surface area contributed by atoms with Crippen LogP contribution in [0.15, 0.2) is 27.8 Å². The van der Waals surface area contributed by atoms with E-state index in [9.17, 15) is 13.2 Å². The summed E-state index contributed by atoms with van der Waals surface area (Å²) in [5.74, 6) is 1.53. The van der Waals surface area contributed by atoms with E-state index in [0.29, 0.717) is 32.0 Å². The zero-order valence-electron chi connectivity index (χ0n) is 15.3. The Labute approximate surface area is 153 Å². The number of halogens is 3. The minimum atomic E-state index is -4.08. The Balaban J connectivity index is 1.86. The quantitative estimate of drug-likeness (QED) is 0.393. The van der Waals surface area contributed by atoms with E-state index in [-0.39, 0.29) is 12.5 Å². The van der Waals surface area contributed by atoms with E-state index in [1.54, 1.807) is 6.26 Å². The molecule has 5 nitrogen and oxygen atoms in total. The van der Waals surface area contributed by atoms with Crippen LogP contribution in [0.5, 0.6) is 0 Å². The third kappa shape index (κ3) is 7.27. The molecule has 2 N–H and O–H groups in total. The third-order valence-corrected chi connectivity index (χ3v) is 4.40. The van der Waals surface area contributed by atoms with E-state index in [4.69, 9.17) is 4.42 Å². The van der Waals surface area contributed by atoms with Crippen LogP contribution < -0.4 is 10.6 Å². The number of nitrogens with one attached hydrogen (secondary N) is 2. The van der Waals surface area contributed by atoms with Gasteiger partial charge in [0.1, 0.15) is 5.76 Å². The van der Waals surface area contributed by atoms with Crippen molar-refractivity contribution in [3.63, 3.8) is 0 Å². The number of furan rings is 1. The van der Waals surface area contributed by atoms with Gasteiger partial charge in [-0.25, -0.2) is 0 Å². The highest BCUT2D eigenvalue weighted by molar-refractivity contribution is 5.79. The van der Waals surface area contributed by atoms with Crippen LogP contribution in [0.2, 0.25) is 0 Å². The van der Waals surface area contributed by atoms with Gasteiger partial charge in [0, 0.05) is 19.5 Å². The number of alkyl halides is 3. The average Bonchev–Trinajstić information content (AvgIpc) is 3.27. The smallest absolute Gasteiger partial charge is 0.389 e. The molecule has 26 heavy (non-hydrogen) atoms. The summed E-state index contributed by atoms with van der Waals surface area (Å²) in [5, 5.41) is 6.27. The van der Waals surface area contributed by atoms with Crippen molar-refractivity contribution in [1.29, 1.82) is 0 Å². The van der Waals surface area contributed by atoms with Gasteiger partial charge < -0.3 is 15.1 Å². The van der Waals surface area contributed by atoms with Crippen molar-refractivity contribution in [1.82, 2.24) is 15.5 Å². The maximum atomic E-state index is 12.2. The summed E-state index contributed by atoms with van der Waals surface area (Å²) in [7, 11) is 0. The van der Waals surface area contributed by atoms with Crippen molar-refractivity contribution in [2.24, 2.45) is 4.99 Å². The number of aliphatic imine (C=N–C) groups is 1. The molecule has 1 unspecified atom stereocenters. The van der Waals surface area contributed by atoms with Crippen molar-refractivity contribution in [3.8, 4) is 0 Å². The first-order valence-corrected chi connectivity index (χ1v) is 9.36. The summed E-state index contributed by atoms with van der Waals surface area (Å²) in [4.78, 5) is 7.00. The summed E-state index contributed by atoms with van der Waals surface area (Å²) in [6.07, 6.45) is -0.206. The first-order chi connectivity index (χ1) is 12.5. The fourth-order valence-electron chi connectivity index (χ4n) is 3.10. The second-order valence-corrected chi connectivity index (χ2v) is 6.49. The van der Waals surface area contributed by atoms with E-state index in [1.165, 1.54) is 12.8 Å². The first-order valence-electron chi connectivity index (χ1n) is 9.36. The topological polar surface area (TPSA) is 52.8 Å². The van der Waals surface area contributed by atoms with Gasteiger partial charge >= 0.3 is 6.18 Å². The Morgan fingerprint density at radius 2 is 2.04 bits per heavy atom. The van der Waals surface area contributed by atoms with Gasteiger partial charge in [-0.2, -0.15) is 13.2 Å². The van der Waals surface area contributed by atoms with Gasteiger partial charge in [0.05, 0.1) is 18.8 Å². The summed E-state index contributed by atoms with van der Waals surface area (Å²) in [6, 6.07) is 3.94. The van der Waals surface area contributed by atoms with E-state index >= 15 is 0 Å². The minimum absolute atomic E-state index is 0.0909. The SMILES string of the molecule is CCNC(=NCC(c1ccco1)N1CCCC1)NCCCCC(F)(F)F. The van der Waals surface area contributed by atoms with Crippen LogP contribution in [-0.2, 0) is 0 Å². The molecular formula is C18H29F3N4O. The molecule has 0 amide bonds. The fraction of sp³-hybridized carbons (Fsp3) is 0.722. The van der Waals surface area contributed by atoms with Crippen LogP contribution >= 0.6 is 0 Å². The Hall–Kier alpha value is -1.70. The lowest BCUT2D eigenvalue weighted by Crippen LogP contribution is -2.38. The molecule has 1 atom stereocenters. The van der Waals surface area contributed by atoms with E-state index in [2.05, 4.69) is 20.5 Å². The molecule has 1 saturated heterocycles. The monoisotopic (exact) mass is 374 g/mol.